The maximum Gasteiger partial charge on any atom is 0.161 e. The number of hydrogen-bond donors (Lipinski definition) is 2. The molecule has 2 fully saturated rings. The summed E-state index contributed by atoms with van der Waals surface area (Å²) in [6.45, 7) is 4.58. The van der Waals surface area contributed by atoms with Gasteiger partial charge >= 0.3 is 0 Å². The zero-order chi connectivity index (χ0) is 26.7. The number of nitrogens with zero attached hydrogens (tertiary/aromatic N) is 2. The topological polar surface area (TPSA) is 71.2 Å². The molecule has 5 rings (SSSR count). The number of rotatable bonds is 8. The number of hydrogen-bond acceptors (Lipinski definition) is 6. The van der Waals surface area contributed by atoms with Gasteiger partial charge in [-0.05, 0) is 61.6 Å². The van der Waals surface area contributed by atoms with Gasteiger partial charge in [0.05, 0.1) is 31.9 Å². The lowest BCUT2D eigenvalue weighted by molar-refractivity contribution is -0.116. The third-order valence-electron chi connectivity index (χ3n) is 8.50. The van der Waals surface area contributed by atoms with Gasteiger partial charge in [-0.3, -0.25) is 9.80 Å². The second kappa shape index (κ2) is 11.5. The quantitative estimate of drug-likeness (QED) is 0.451. The third-order valence-corrected chi connectivity index (χ3v) is 8.50. The van der Waals surface area contributed by atoms with Gasteiger partial charge in [0, 0.05) is 25.2 Å². The molecule has 6 heteroatoms. The average Bonchev–Trinajstić information content (AvgIpc) is 2.94. The molecule has 2 aliphatic rings. The molecule has 0 aromatic heterocycles. The minimum atomic E-state index is -1.00. The summed E-state index contributed by atoms with van der Waals surface area (Å²) in [6.07, 6.45) is 2.81. The van der Waals surface area contributed by atoms with E-state index >= 15 is 0 Å². The van der Waals surface area contributed by atoms with Crippen molar-refractivity contribution < 1.29 is 14.6 Å². The van der Waals surface area contributed by atoms with Crippen LogP contribution in [0.25, 0.3) is 0 Å². The lowest BCUT2D eigenvalue weighted by Gasteiger charge is -2.57. The molecule has 0 aliphatic carbocycles. The van der Waals surface area contributed by atoms with Gasteiger partial charge in [0.25, 0.3) is 0 Å². The SMILES string of the molecule is COc1ccc(C2C(N)C(C)(O)CC3[C@@H](N(Cc4ccccc4)Cc4ccccc4)CCCN23)cc1OC. The lowest BCUT2D eigenvalue weighted by atomic mass is 9.72. The molecule has 0 amide bonds. The highest BCUT2D eigenvalue weighted by atomic mass is 16.5. The summed E-state index contributed by atoms with van der Waals surface area (Å²) in [7, 11) is 3.30. The Kier molecular flexibility index (Phi) is 8.05. The number of methoxy groups -OCH3 is 2. The van der Waals surface area contributed by atoms with Gasteiger partial charge in [0.15, 0.2) is 11.5 Å². The van der Waals surface area contributed by atoms with Crippen molar-refractivity contribution >= 4 is 0 Å². The zero-order valence-corrected chi connectivity index (χ0v) is 22.8. The molecule has 0 radical (unpaired) electrons. The van der Waals surface area contributed by atoms with Crippen molar-refractivity contribution in [2.45, 2.75) is 69.0 Å². The third kappa shape index (κ3) is 5.45. The number of fused-ring (bicyclic) bond motifs is 1. The molecule has 6 nitrogen and oxygen atoms in total. The number of piperidine rings is 2. The Morgan fingerprint density at radius 3 is 2.11 bits per heavy atom. The predicted octanol–water partition coefficient (Wildman–Crippen LogP) is 4.76. The first-order valence-electron chi connectivity index (χ1n) is 13.7. The fourth-order valence-corrected chi connectivity index (χ4v) is 6.55. The van der Waals surface area contributed by atoms with Crippen LogP contribution >= 0.6 is 0 Å². The minimum Gasteiger partial charge on any atom is -0.493 e. The largest absolute Gasteiger partial charge is 0.493 e. The zero-order valence-electron chi connectivity index (χ0n) is 22.8. The molecule has 38 heavy (non-hydrogen) atoms. The molecule has 2 saturated heterocycles. The van der Waals surface area contributed by atoms with E-state index in [0.717, 1.165) is 38.0 Å². The Hall–Kier alpha value is -2.90. The summed E-state index contributed by atoms with van der Waals surface area (Å²) in [4.78, 5) is 5.17. The van der Waals surface area contributed by atoms with E-state index in [1.165, 1.54) is 11.1 Å². The molecular formula is C32H41N3O3. The summed E-state index contributed by atoms with van der Waals surface area (Å²) < 4.78 is 11.1. The van der Waals surface area contributed by atoms with Crippen LogP contribution in [0, 0.1) is 0 Å². The van der Waals surface area contributed by atoms with Crippen LogP contribution in [0.2, 0.25) is 0 Å². The Bertz CT molecular complexity index is 1150. The predicted molar refractivity (Wildman–Crippen MR) is 151 cm³/mol. The second-order valence-corrected chi connectivity index (χ2v) is 11.0. The van der Waals surface area contributed by atoms with Crippen molar-refractivity contribution in [3.63, 3.8) is 0 Å². The van der Waals surface area contributed by atoms with E-state index in [1.54, 1.807) is 14.2 Å². The summed E-state index contributed by atoms with van der Waals surface area (Å²) in [5, 5.41) is 11.7. The van der Waals surface area contributed by atoms with Gasteiger partial charge in [-0.1, -0.05) is 66.7 Å². The Balaban J connectivity index is 1.51. The first kappa shape index (κ1) is 26.7. The Morgan fingerprint density at radius 1 is 0.921 bits per heavy atom. The van der Waals surface area contributed by atoms with Gasteiger partial charge in [0.1, 0.15) is 0 Å². The van der Waals surface area contributed by atoms with Crippen LogP contribution < -0.4 is 15.2 Å². The van der Waals surface area contributed by atoms with E-state index < -0.39 is 11.6 Å². The molecule has 4 unspecified atom stereocenters. The van der Waals surface area contributed by atoms with E-state index in [9.17, 15) is 5.11 Å². The van der Waals surface area contributed by atoms with Crippen molar-refractivity contribution in [2.24, 2.45) is 5.73 Å². The molecule has 2 heterocycles. The van der Waals surface area contributed by atoms with Crippen molar-refractivity contribution in [1.29, 1.82) is 0 Å². The van der Waals surface area contributed by atoms with E-state index in [4.69, 9.17) is 15.2 Å². The minimum absolute atomic E-state index is 0.123. The van der Waals surface area contributed by atoms with Crippen molar-refractivity contribution in [3.8, 4) is 11.5 Å². The number of aliphatic hydroxyl groups is 1. The molecule has 0 saturated carbocycles. The molecule has 0 spiro atoms. The van der Waals surface area contributed by atoms with Crippen LogP contribution in [0.3, 0.4) is 0 Å². The van der Waals surface area contributed by atoms with Gasteiger partial charge < -0.3 is 20.3 Å². The van der Waals surface area contributed by atoms with Gasteiger partial charge in [-0.2, -0.15) is 0 Å². The van der Waals surface area contributed by atoms with Crippen molar-refractivity contribution in [3.05, 3.63) is 95.6 Å². The number of ether oxygens (including phenoxy) is 2. The average molecular weight is 516 g/mol. The van der Waals surface area contributed by atoms with Crippen LogP contribution in [-0.4, -0.2) is 59.4 Å². The second-order valence-electron chi connectivity index (χ2n) is 11.0. The summed E-state index contributed by atoms with van der Waals surface area (Å²) >= 11 is 0. The van der Waals surface area contributed by atoms with Crippen LogP contribution in [-0.2, 0) is 13.1 Å². The summed E-state index contributed by atoms with van der Waals surface area (Å²) in [5.74, 6) is 1.37. The summed E-state index contributed by atoms with van der Waals surface area (Å²) in [6, 6.07) is 27.4. The highest BCUT2D eigenvalue weighted by molar-refractivity contribution is 5.44. The molecule has 2 aliphatic heterocycles. The van der Waals surface area contributed by atoms with Crippen LogP contribution in [0.1, 0.15) is 48.9 Å². The molecular weight excluding hydrogens is 474 g/mol. The van der Waals surface area contributed by atoms with E-state index in [-0.39, 0.29) is 18.1 Å². The highest BCUT2D eigenvalue weighted by Gasteiger charge is 2.52. The van der Waals surface area contributed by atoms with E-state index in [2.05, 4.69) is 76.5 Å². The smallest absolute Gasteiger partial charge is 0.161 e. The van der Waals surface area contributed by atoms with E-state index in [1.807, 2.05) is 19.1 Å². The fraction of sp³-hybridized carbons (Fsp3) is 0.438. The van der Waals surface area contributed by atoms with Crippen LogP contribution in [0.5, 0.6) is 11.5 Å². The van der Waals surface area contributed by atoms with Crippen LogP contribution in [0.15, 0.2) is 78.9 Å². The molecule has 3 N–H and O–H groups in total. The fourth-order valence-electron chi connectivity index (χ4n) is 6.55. The first-order chi connectivity index (χ1) is 18.4. The van der Waals surface area contributed by atoms with Gasteiger partial charge in [-0.25, -0.2) is 0 Å². The monoisotopic (exact) mass is 515 g/mol. The van der Waals surface area contributed by atoms with Crippen molar-refractivity contribution in [1.82, 2.24) is 9.80 Å². The molecule has 5 atom stereocenters. The lowest BCUT2D eigenvalue weighted by Crippen LogP contribution is -2.68. The molecule has 0 bridgehead atoms. The normalized spacial score (nSPS) is 27.6. The van der Waals surface area contributed by atoms with Crippen LogP contribution in [0.4, 0.5) is 0 Å². The van der Waals surface area contributed by atoms with Gasteiger partial charge in [-0.15, -0.1) is 0 Å². The van der Waals surface area contributed by atoms with Gasteiger partial charge in [0.2, 0.25) is 0 Å². The Morgan fingerprint density at radius 2 is 1.53 bits per heavy atom. The maximum absolute atomic E-state index is 11.7. The molecule has 202 valence electrons. The standard InChI is InChI=1S/C32H41N3O3/c1-32(36)20-27-26(34(21-23-11-6-4-7-12-23)22-24-13-8-5-9-14-24)15-10-18-35(27)30(31(32)33)25-16-17-28(37-2)29(19-25)38-3/h4-9,11-14,16-17,19,26-27,30-31,36H,10,15,18,20-22,33H2,1-3H3/t26-,27?,30?,31?,32?/m0/s1. The van der Waals surface area contributed by atoms with Crippen molar-refractivity contribution in [2.75, 3.05) is 20.8 Å². The Labute approximate surface area is 227 Å². The number of benzene rings is 3. The first-order valence-corrected chi connectivity index (χ1v) is 13.7. The summed E-state index contributed by atoms with van der Waals surface area (Å²) in [5.41, 5.74) is 9.51. The molecule has 3 aromatic rings. The maximum atomic E-state index is 11.7. The van der Waals surface area contributed by atoms with E-state index in [0.29, 0.717) is 17.9 Å². The number of nitrogens with two attached hydrogens (primary N) is 1. The molecule has 3 aromatic carbocycles. The highest BCUT2D eigenvalue weighted by Crippen LogP contribution is 2.45.